The van der Waals surface area contributed by atoms with E-state index in [9.17, 15) is 4.79 Å². The maximum atomic E-state index is 11.6. The van der Waals surface area contributed by atoms with Gasteiger partial charge in [0.05, 0.1) is 13.7 Å². The normalized spacial score (nSPS) is 12.3. The largest absolute Gasteiger partial charge is 0.497 e. The van der Waals surface area contributed by atoms with Gasteiger partial charge in [-0.05, 0) is 30.5 Å². The molecule has 1 atom stereocenters. The summed E-state index contributed by atoms with van der Waals surface area (Å²) in [6, 6.07) is 7.99. The lowest BCUT2D eigenvalue weighted by molar-refractivity contribution is -0.120. The number of carbonyl (C=O) groups excluding carboxylic acids is 1. The summed E-state index contributed by atoms with van der Waals surface area (Å²) < 4.78 is 5.12. The second kappa shape index (κ2) is 7.79. The summed E-state index contributed by atoms with van der Waals surface area (Å²) in [7, 11) is 1.65. The molecule has 0 aromatic heterocycles. The van der Waals surface area contributed by atoms with E-state index in [-0.39, 0.29) is 11.9 Å². The first-order valence-electron chi connectivity index (χ1n) is 6.67. The maximum absolute atomic E-state index is 11.6. The number of carbonyl (C=O) groups is 1. The Morgan fingerprint density at radius 3 is 2.37 bits per heavy atom. The average molecular weight is 264 g/mol. The average Bonchev–Trinajstić information content (AvgIpc) is 2.42. The zero-order valence-corrected chi connectivity index (χ0v) is 12.2. The lowest BCUT2D eigenvalue weighted by atomic mass is 10.1. The first-order chi connectivity index (χ1) is 9.02. The first-order valence-corrected chi connectivity index (χ1v) is 6.67. The van der Waals surface area contributed by atoms with E-state index in [4.69, 9.17) is 4.74 Å². The molecule has 1 rings (SSSR count). The van der Waals surface area contributed by atoms with Gasteiger partial charge >= 0.3 is 0 Å². The molecule has 0 aliphatic rings. The van der Waals surface area contributed by atoms with Crippen LogP contribution in [0.5, 0.6) is 5.75 Å². The summed E-state index contributed by atoms with van der Waals surface area (Å²) >= 11 is 0. The second-order valence-electron chi connectivity index (χ2n) is 5.07. The van der Waals surface area contributed by atoms with Gasteiger partial charge in [0.25, 0.3) is 0 Å². The fourth-order valence-corrected chi connectivity index (χ4v) is 1.64. The van der Waals surface area contributed by atoms with Gasteiger partial charge in [0.2, 0.25) is 5.91 Å². The topological polar surface area (TPSA) is 50.4 Å². The number of hydrogen-bond donors (Lipinski definition) is 2. The molecule has 1 unspecified atom stereocenters. The highest BCUT2D eigenvalue weighted by Crippen LogP contribution is 2.16. The molecule has 0 saturated carbocycles. The molecule has 1 aromatic carbocycles. The third-order valence-corrected chi connectivity index (χ3v) is 2.89. The fraction of sp³-hybridized carbons (Fsp3) is 0.533. The van der Waals surface area contributed by atoms with Gasteiger partial charge < -0.3 is 15.4 Å². The van der Waals surface area contributed by atoms with Crippen LogP contribution >= 0.6 is 0 Å². The molecule has 2 N–H and O–H groups in total. The highest BCUT2D eigenvalue weighted by Gasteiger charge is 2.08. The summed E-state index contributed by atoms with van der Waals surface area (Å²) in [5.74, 6) is 1.35. The Morgan fingerprint density at radius 2 is 1.84 bits per heavy atom. The fourth-order valence-electron chi connectivity index (χ4n) is 1.64. The van der Waals surface area contributed by atoms with E-state index >= 15 is 0 Å². The van der Waals surface area contributed by atoms with E-state index < -0.39 is 0 Å². The molecule has 0 bridgehead atoms. The van der Waals surface area contributed by atoms with Crippen molar-refractivity contribution in [1.29, 1.82) is 0 Å². The Morgan fingerprint density at radius 1 is 1.21 bits per heavy atom. The van der Waals surface area contributed by atoms with E-state index in [1.165, 1.54) is 0 Å². The van der Waals surface area contributed by atoms with Crippen molar-refractivity contribution in [3.05, 3.63) is 29.8 Å². The lowest BCUT2D eigenvalue weighted by Gasteiger charge is -2.15. The Labute approximate surface area is 115 Å². The van der Waals surface area contributed by atoms with Crippen LogP contribution in [0.3, 0.4) is 0 Å². The first kappa shape index (κ1) is 15.5. The molecule has 0 heterocycles. The van der Waals surface area contributed by atoms with Crippen molar-refractivity contribution >= 4 is 5.91 Å². The number of rotatable bonds is 7. The van der Waals surface area contributed by atoms with Crippen molar-refractivity contribution in [1.82, 2.24) is 10.6 Å². The zero-order valence-electron chi connectivity index (χ0n) is 12.2. The van der Waals surface area contributed by atoms with Crippen molar-refractivity contribution in [3.63, 3.8) is 0 Å². The molecule has 0 spiro atoms. The van der Waals surface area contributed by atoms with E-state index in [0.717, 1.165) is 17.9 Å². The van der Waals surface area contributed by atoms with Crippen LogP contribution in [0.15, 0.2) is 24.3 Å². The third-order valence-electron chi connectivity index (χ3n) is 2.89. The predicted octanol–water partition coefficient (Wildman–Crippen LogP) is 2.12. The number of methoxy groups -OCH3 is 1. The minimum atomic E-state index is 0.0362. The van der Waals surface area contributed by atoms with E-state index in [2.05, 4.69) is 24.5 Å². The minimum absolute atomic E-state index is 0.0362. The Hall–Kier alpha value is -1.55. The Kier molecular flexibility index (Phi) is 6.36. The predicted molar refractivity (Wildman–Crippen MR) is 77.3 cm³/mol. The molecule has 0 aliphatic carbocycles. The zero-order chi connectivity index (χ0) is 14.3. The van der Waals surface area contributed by atoms with Crippen LogP contribution in [0.2, 0.25) is 0 Å². The molecule has 0 fully saturated rings. The van der Waals surface area contributed by atoms with Gasteiger partial charge in [-0.25, -0.2) is 0 Å². The Bertz CT molecular complexity index is 388. The van der Waals surface area contributed by atoms with E-state index in [1.807, 2.05) is 31.2 Å². The van der Waals surface area contributed by atoms with Gasteiger partial charge in [-0.2, -0.15) is 0 Å². The molecule has 0 aliphatic heterocycles. The monoisotopic (exact) mass is 264 g/mol. The molecule has 19 heavy (non-hydrogen) atoms. The quantitative estimate of drug-likeness (QED) is 0.793. The number of ether oxygens (including phenoxy) is 1. The van der Waals surface area contributed by atoms with Crippen LogP contribution in [0.25, 0.3) is 0 Å². The highest BCUT2D eigenvalue weighted by molar-refractivity contribution is 5.78. The van der Waals surface area contributed by atoms with Crippen molar-refractivity contribution in [2.75, 3.05) is 20.2 Å². The SMILES string of the molecule is COc1ccc(C(C)NCC(=O)NCC(C)C)cc1. The summed E-state index contributed by atoms with van der Waals surface area (Å²) in [5.41, 5.74) is 1.14. The number of benzene rings is 1. The van der Waals surface area contributed by atoms with Crippen molar-refractivity contribution < 1.29 is 9.53 Å². The molecule has 106 valence electrons. The molecular weight excluding hydrogens is 240 g/mol. The van der Waals surface area contributed by atoms with Crippen LogP contribution < -0.4 is 15.4 Å². The van der Waals surface area contributed by atoms with Crippen molar-refractivity contribution in [3.8, 4) is 5.75 Å². The summed E-state index contributed by atoms with van der Waals surface area (Å²) in [6.07, 6.45) is 0. The molecule has 1 aromatic rings. The van der Waals surface area contributed by atoms with E-state index in [1.54, 1.807) is 7.11 Å². The second-order valence-corrected chi connectivity index (χ2v) is 5.07. The maximum Gasteiger partial charge on any atom is 0.233 e. The molecule has 4 heteroatoms. The van der Waals surface area contributed by atoms with E-state index in [0.29, 0.717) is 12.5 Å². The highest BCUT2D eigenvalue weighted by atomic mass is 16.5. The van der Waals surface area contributed by atoms with Crippen LogP contribution in [0, 0.1) is 5.92 Å². The molecular formula is C15H24N2O2. The van der Waals surface area contributed by atoms with Crippen LogP contribution in [0.1, 0.15) is 32.4 Å². The van der Waals surface area contributed by atoms with Crippen molar-refractivity contribution in [2.24, 2.45) is 5.92 Å². The standard InChI is InChI=1S/C15H24N2O2/c1-11(2)9-17-15(18)10-16-12(3)13-5-7-14(19-4)8-6-13/h5-8,11-12,16H,9-10H2,1-4H3,(H,17,18). The third kappa shape index (κ3) is 5.75. The number of amides is 1. The molecule has 0 saturated heterocycles. The van der Waals surface area contributed by atoms with Gasteiger partial charge in [-0.15, -0.1) is 0 Å². The van der Waals surface area contributed by atoms with Crippen LogP contribution in [-0.4, -0.2) is 26.1 Å². The lowest BCUT2D eigenvalue weighted by Crippen LogP contribution is -2.36. The number of nitrogens with one attached hydrogen (secondary N) is 2. The Balaban J connectivity index is 2.37. The molecule has 1 amide bonds. The summed E-state index contributed by atoms with van der Waals surface area (Å²) in [4.78, 5) is 11.6. The van der Waals surface area contributed by atoms with Gasteiger partial charge in [-0.3, -0.25) is 4.79 Å². The smallest absolute Gasteiger partial charge is 0.233 e. The summed E-state index contributed by atoms with van der Waals surface area (Å²) in [5, 5.41) is 6.09. The van der Waals surface area contributed by atoms with Gasteiger partial charge in [0.15, 0.2) is 0 Å². The van der Waals surface area contributed by atoms with Gasteiger partial charge in [-0.1, -0.05) is 26.0 Å². The minimum Gasteiger partial charge on any atom is -0.497 e. The van der Waals surface area contributed by atoms with Crippen LogP contribution in [0.4, 0.5) is 0 Å². The molecule has 4 nitrogen and oxygen atoms in total. The van der Waals surface area contributed by atoms with Crippen molar-refractivity contribution in [2.45, 2.75) is 26.8 Å². The summed E-state index contributed by atoms with van der Waals surface area (Å²) in [6.45, 7) is 7.25. The van der Waals surface area contributed by atoms with Gasteiger partial charge in [0.1, 0.15) is 5.75 Å². The molecule has 0 radical (unpaired) electrons. The number of hydrogen-bond acceptors (Lipinski definition) is 3. The van der Waals surface area contributed by atoms with Crippen LogP contribution in [-0.2, 0) is 4.79 Å². The van der Waals surface area contributed by atoms with Gasteiger partial charge in [0, 0.05) is 12.6 Å².